The van der Waals surface area contributed by atoms with Crippen LogP contribution in [0.5, 0.6) is 0 Å². The van der Waals surface area contributed by atoms with Crippen LogP contribution in [0.1, 0.15) is 36.6 Å². The van der Waals surface area contributed by atoms with E-state index in [1.165, 1.54) is 0 Å². The van der Waals surface area contributed by atoms with E-state index in [9.17, 15) is 5.11 Å². The zero-order chi connectivity index (χ0) is 15.2. The molecule has 0 heterocycles. The summed E-state index contributed by atoms with van der Waals surface area (Å²) in [6, 6.07) is 17.9. The third-order valence-corrected chi connectivity index (χ3v) is 4.30. The number of hydrogen-bond acceptors (Lipinski definition) is 2. The number of nitrogens with zero attached hydrogens (tertiary/aromatic N) is 1. The van der Waals surface area contributed by atoms with Gasteiger partial charge in [0.05, 0.1) is 6.10 Å². The third-order valence-electron chi connectivity index (χ3n) is 3.96. The molecule has 0 aromatic heterocycles. The second kappa shape index (κ2) is 7.60. The minimum atomic E-state index is -0.424. The highest BCUT2D eigenvalue weighted by atomic mass is 35.5. The van der Waals surface area contributed by atoms with Crippen LogP contribution >= 0.6 is 11.6 Å². The minimum absolute atomic E-state index is 0.224. The van der Waals surface area contributed by atoms with E-state index in [0.717, 1.165) is 22.7 Å². The van der Waals surface area contributed by atoms with E-state index in [2.05, 4.69) is 24.9 Å². The number of benzene rings is 2. The van der Waals surface area contributed by atoms with Gasteiger partial charge in [-0.15, -0.1) is 0 Å². The molecule has 0 fully saturated rings. The smallest absolute Gasteiger partial charge is 0.0802 e. The molecule has 0 spiro atoms. The lowest BCUT2D eigenvalue weighted by Gasteiger charge is -2.26. The predicted molar refractivity (Wildman–Crippen MR) is 88.5 cm³/mol. The van der Waals surface area contributed by atoms with Gasteiger partial charge in [0.1, 0.15) is 0 Å². The molecule has 2 unspecified atom stereocenters. The maximum atomic E-state index is 10.2. The molecular weight excluding hydrogens is 282 g/mol. The second-order valence-corrected chi connectivity index (χ2v) is 5.80. The molecule has 112 valence electrons. The first-order valence-electron chi connectivity index (χ1n) is 7.27. The van der Waals surface area contributed by atoms with Crippen LogP contribution in [0.2, 0.25) is 5.02 Å². The molecule has 2 atom stereocenters. The highest BCUT2D eigenvalue weighted by Crippen LogP contribution is 2.27. The van der Waals surface area contributed by atoms with E-state index >= 15 is 0 Å². The van der Waals surface area contributed by atoms with E-state index in [1.54, 1.807) is 0 Å². The molecule has 0 saturated carbocycles. The Kier molecular flexibility index (Phi) is 5.80. The van der Waals surface area contributed by atoms with Crippen LogP contribution < -0.4 is 0 Å². The summed E-state index contributed by atoms with van der Waals surface area (Å²) in [5.74, 6) is 0. The topological polar surface area (TPSA) is 23.5 Å². The van der Waals surface area contributed by atoms with E-state index in [0.29, 0.717) is 6.42 Å². The summed E-state index contributed by atoms with van der Waals surface area (Å²) < 4.78 is 0. The Morgan fingerprint density at radius 1 is 1.05 bits per heavy atom. The lowest BCUT2D eigenvalue weighted by molar-refractivity contribution is 0.139. The molecule has 0 aliphatic heterocycles. The van der Waals surface area contributed by atoms with Crippen LogP contribution in [0.25, 0.3) is 0 Å². The first kappa shape index (κ1) is 16.0. The van der Waals surface area contributed by atoms with Crippen LogP contribution in [0.4, 0.5) is 0 Å². The van der Waals surface area contributed by atoms with Crippen LogP contribution in [-0.4, -0.2) is 23.6 Å². The summed E-state index contributed by atoms with van der Waals surface area (Å²) in [6.07, 6.45) is 0.280. The van der Waals surface area contributed by atoms with Crippen molar-refractivity contribution >= 4 is 11.6 Å². The van der Waals surface area contributed by atoms with Gasteiger partial charge in [0.2, 0.25) is 0 Å². The van der Waals surface area contributed by atoms with Crippen molar-refractivity contribution in [2.45, 2.75) is 25.5 Å². The van der Waals surface area contributed by atoms with E-state index < -0.39 is 6.10 Å². The normalized spacial score (nSPS) is 14.1. The van der Waals surface area contributed by atoms with Gasteiger partial charge in [0.15, 0.2) is 0 Å². The average Bonchev–Trinajstić information content (AvgIpc) is 2.53. The number of rotatable bonds is 6. The molecule has 1 N–H and O–H groups in total. The summed E-state index contributed by atoms with van der Waals surface area (Å²) in [6.45, 7) is 2.94. The Balaban J connectivity index is 1.93. The van der Waals surface area contributed by atoms with Gasteiger partial charge in [-0.1, -0.05) is 60.1 Å². The summed E-state index contributed by atoms with van der Waals surface area (Å²) in [5, 5.41) is 11.0. The second-order valence-electron chi connectivity index (χ2n) is 5.39. The number of aliphatic hydroxyl groups is 1. The number of aliphatic hydroxyl groups excluding tert-OH is 1. The fourth-order valence-electron chi connectivity index (χ4n) is 2.41. The summed E-state index contributed by atoms with van der Waals surface area (Å²) in [5.41, 5.74) is 2.09. The SMILES string of the molecule is CC(c1ccccc1Cl)N(C)CCC(O)c1ccccc1. The van der Waals surface area contributed by atoms with Gasteiger partial charge in [-0.3, -0.25) is 4.90 Å². The Labute approximate surface area is 132 Å². The predicted octanol–water partition coefficient (Wildman–Crippen LogP) is 4.46. The maximum absolute atomic E-state index is 10.2. The molecule has 0 aliphatic carbocycles. The van der Waals surface area contributed by atoms with Gasteiger partial charge in [-0.25, -0.2) is 0 Å². The van der Waals surface area contributed by atoms with Gasteiger partial charge >= 0.3 is 0 Å². The zero-order valence-electron chi connectivity index (χ0n) is 12.5. The molecule has 0 bridgehead atoms. The first-order valence-corrected chi connectivity index (χ1v) is 7.65. The molecule has 2 nitrogen and oxygen atoms in total. The quantitative estimate of drug-likeness (QED) is 0.852. The average molecular weight is 304 g/mol. The highest BCUT2D eigenvalue weighted by Gasteiger charge is 2.16. The van der Waals surface area contributed by atoms with Gasteiger partial charge in [0, 0.05) is 17.6 Å². The van der Waals surface area contributed by atoms with Gasteiger partial charge in [0.25, 0.3) is 0 Å². The Hall–Kier alpha value is -1.35. The summed E-state index contributed by atoms with van der Waals surface area (Å²) in [7, 11) is 2.06. The summed E-state index contributed by atoms with van der Waals surface area (Å²) >= 11 is 6.25. The van der Waals surface area contributed by atoms with Crippen molar-refractivity contribution in [2.75, 3.05) is 13.6 Å². The largest absolute Gasteiger partial charge is 0.388 e. The van der Waals surface area contributed by atoms with Crippen LogP contribution in [-0.2, 0) is 0 Å². The summed E-state index contributed by atoms with van der Waals surface area (Å²) in [4.78, 5) is 2.22. The molecule has 2 aromatic carbocycles. The monoisotopic (exact) mass is 303 g/mol. The van der Waals surface area contributed by atoms with Gasteiger partial charge in [-0.2, -0.15) is 0 Å². The maximum Gasteiger partial charge on any atom is 0.0802 e. The molecule has 0 saturated heterocycles. The van der Waals surface area contributed by atoms with Crippen molar-refractivity contribution in [1.29, 1.82) is 0 Å². The van der Waals surface area contributed by atoms with Gasteiger partial charge in [-0.05, 0) is 37.6 Å². The lowest BCUT2D eigenvalue weighted by atomic mass is 10.0. The fourth-order valence-corrected chi connectivity index (χ4v) is 2.71. The van der Waals surface area contributed by atoms with E-state index in [4.69, 9.17) is 11.6 Å². The Morgan fingerprint density at radius 3 is 2.33 bits per heavy atom. The molecule has 0 amide bonds. The standard InChI is InChI=1S/C18H22ClNO/c1-14(16-10-6-7-11-17(16)19)20(2)13-12-18(21)15-8-4-3-5-9-15/h3-11,14,18,21H,12-13H2,1-2H3. The zero-order valence-corrected chi connectivity index (χ0v) is 13.3. The molecule has 3 heteroatoms. The van der Waals surface area contributed by atoms with Crippen LogP contribution in [0.3, 0.4) is 0 Å². The highest BCUT2D eigenvalue weighted by molar-refractivity contribution is 6.31. The van der Waals surface area contributed by atoms with Crippen molar-refractivity contribution in [2.24, 2.45) is 0 Å². The molecule has 0 aliphatic rings. The van der Waals surface area contributed by atoms with Crippen molar-refractivity contribution < 1.29 is 5.11 Å². The van der Waals surface area contributed by atoms with Crippen molar-refractivity contribution in [3.8, 4) is 0 Å². The third kappa shape index (κ3) is 4.31. The van der Waals surface area contributed by atoms with Crippen molar-refractivity contribution in [3.63, 3.8) is 0 Å². The Bertz CT molecular complexity index is 558. The van der Waals surface area contributed by atoms with E-state index in [-0.39, 0.29) is 6.04 Å². The number of halogens is 1. The van der Waals surface area contributed by atoms with Crippen molar-refractivity contribution in [1.82, 2.24) is 4.90 Å². The minimum Gasteiger partial charge on any atom is -0.388 e. The van der Waals surface area contributed by atoms with Crippen LogP contribution in [0.15, 0.2) is 54.6 Å². The molecule has 2 rings (SSSR count). The molecule has 21 heavy (non-hydrogen) atoms. The first-order chi connectivity index (χ1) is 10.1. The molecule has 0 radical (unpaired) electrons. The van der Waals surface area contributed by atoms with Gasteiger partial charge < -0.3 is 5.11 Å². The lowest BCUT2D eigenvalue weighted by Crippen LogP contribution is -2.25. The van der Waals surface area contributed by atoms with Crippen molar-refractivity contribution in [3.05, 3.63) is 70.7 Å². The molecule has 2 aromatic rings. The van der Waals surface area contributed by atoms with E-state index in [1.807, 2.05) is 48.5 Å². The number of hydrogen-bond donors (Lipinski definition) is 1. The molecular formula is C18H22ClNO. The fraction of sp³-hybridized carbons (Fsp3) is 0.333. The Morgan fingerprint density at radius 2 is 1.67 bits per heavy atom. The van der Waals surface area contributed by atoms with Crippen LogP contribution in [0, 0.1) is 0 Å².